The highest BCUT2D eigenvalue weighted by Crippen LogP contribution is 2.19. The minimum atomic E-state index is -0.0747. The highest BCUT2D eigenvalue weighted by molar-refractivity contribution is 7.98. The van der Waals surface area contributed by atoms with Crippen LogP contribution in [0.1, 0.15) is 36.9 Å². The third-order valence-electron chi connectivity index (χ3n) is 3.87. The van der Waals surface area contributed by atoms with E-state index in [9.17, 15) is 4.79 Å². The highest BCUT2D eigenvalue weighted by atomic mass is 32.2. The van der Waals surface area contributed by atoms with E-state index < -0.39 is 0 Å². The first-order valence-electron chi connectivity index (χ1n) is 7.75. The minimum absolute atomic E-state index is 0.0747. The lowest BCUT2D eigenvalue weighted by molar-refractivity contribution is -0.120. The Balaban J connectivity index is 1.69. The fourth-order valence-electron chi connectivity index (χ4n) is 2.68. The summed E-state index contributed by atoms with van der Waals surface area (Å²) in [6.07, 6.45) is 6.92. The average Bonchev–Trinajstić information content (AvgIpc) is 2.94. The molecule has 7 heteroatoms. The quantitative estimate of drug-likeness (QED) is 0.588. The van der Waals surface area contributed by atoms with Crippen LogP contribution in [0.3, 0.4) is 0 Å². The second-order valence-electron chi connectivity index (χ2n) is 5.47. The van der Waals surface area contributed by atoms with Crippen LogP contribution in [0.15, 0.2) is 5.03 Å². The number of aromatic nitrogens is 2. The standard InChI is InChI=1S/C15H23N5OS/c1-22-15-12(11-16)13(18-19-15)10-14(21)17-6-5-9-20-7-3-2-4-8-20/h2-10H2,1H3,(H,17,21)(H,18,19). The van der Waals surface area contributed by atoms with Gasteiger partial charge in [0.25, 0.3) is 0 Å². The van der Waals surface area contributed by atoms with Gasteiger partial charge >= 0.3 is 0 Å². The molecule has 0 aliphatic carbocycles. The number of nitriles is 1. The summed E-state index contributed by atoms with van der Waals surface area (Å²) in [7, 11) is 0. The molecule has 2 N–H and O–H groups in total. The van der Waals surface area contributed by atoms with Crippen molar-refractivity contribution in [2.45, 2.75) is 37.1 Å². The molecule has 0 aromatic carbocycles. The van der Waals surface area contributed by atoms with Gasteiger partial charge in [-0.05, 0) is 45.2 Å². The van der Waals surface area contributed by atoms with Crippen LogP contribution >= 0.6 is 11.8 Å². The number of carbonyl (C=O) groups excluding carboxylic acids is 1. The number of hydrogen-bond donors (Lipinski definition) is 2. The van der Waals surface area contributed by atoms with Crippen molar-refractivity contribution in [3.05, 3.63) is 11.3 Å². The molecule has 0 atom stereocenters. The molecule has 1 aliphatic heterocycles. The Morgan fingerprint density at radius 3 is 2.91 bits per heavy atom. The Morgan fingerprint density at radius 1 is 1.45 bits per heavy atom. The summed E-state index contributed by atoms with van der Waals surface area (Å²) < 4.78 is 0. The molecule has 2 rings (SSSR count). The van der Waals surface area contributed by atoms with Crippen molar-refractivity contribution in [3.63, 3.8) is 0 Å². The number of hydrogen-bond acceptors (Lipinski definition) is 5. The van der Waals surface area contributed by atoms with E-state index >= 15 is 0 Å². The molecule has 0 bridgehead atoms. The zero-order valence-electron chi connectivity index (χ0n) is 13.0. The van der Waals surface area contributed by atoms with Gasteiger partial charge in [-0.25, -0.2) is 0 Å². The molecule has 22 heavy (non-hydrogen) atoms. The molecule has 1 saturated heterocycles. The third kappa shape index (κ3) is 4.75. The predicted molar refractivity (Wildman–Crippen MR) is 86.7 cm³/mol. The Morgan fingerprint density at radius 2 is 2.23 bits per heavy atom. The smallest absolute Gasteiger partial charge is 0.226 e. The summed E-state index contributed by atoms with van der Waals surface area (Å²) in [5, 5.41) is 19.6. The lowest BCUT2D eigenvalue weighted by atomic mass is 10.1. The van der Waals surface area contributed by atoms with E-state index in [1.54, 1.807) is 0 Å². The van der Waals surface area contributed by atoms with E-state index in [4.69, 9.17) is 5.26 Å². The Hall–Kier alpha value is -1.52. The minimum Gasteiger partial charge on any atom is -0.356 e. The van der Waals surface area contributed by atoms with Gasteiger partial charge in [0.1, 0.15) is 16.7 Å². The van der Waals surface area contributed by atoms with E-state index in [1.807, 2.05) is 6.26 Å². The van der Waals surface area contributed by atoms with Crippen LogP contribution in [0.2, 0.25) is 0 Å². The van der Waals surface area contributed by atoms with Gasteiger partial charge in [-0.3, -0.25) is 9.89 Å². The summed E-state index contributed by atoms with van der Waals surface area (Å²) in [5.41, 5.74) is 1.01. The van der Waals surface area contributed by atoms with Crippen molar-refractivity contribution in [1.82, 2.24) is 20.4 Å². The van der Waals surface area contributed by atoms with Crippen LogP contribution in [0, 0.1) is 11.3 Å². The van der Waals surface area contributed by atoms with E-state index in [2.05, 4.69) is 26.5 Å². The number of H-pyrrole nitrogens is 1. The average molecular weight is 321 g/mol. The highest BCUT2D eigenvalue weighted by Gasteiger charge is 2.15. The number of carbonyl (C=O) groups is 1. The molecule has 0 saturated carbocycles. The Bertz CT molecular complexity index is 531. The molecule has 1 fully saturated rings. The fourth-order valence-corrected chi connectivity index (χ4v) is 3.18. The maximum absolute atomic E-state index is 11.9. The Kier molecular flexibility index (Phi) is 6.74. The van der Waals surface area contributed by atoms with Gasteiger partial charge in [0.05, 0.1) is 12.1 Å². The van der Waals surface area contributed by atoms with Gasteiger partial charge in [0, 0.05) is 6.54 Å². The predicted octanol–water partition coefficient (Wildman–Crippen LogP) is 1.54. The van der Waals surface area contributed by atoms with Crippen molar-refractivity contribution in [2.75, 3.05) is 32.4 Å². The normalized spacial score (nSPS) is 15.5. The number of likely N-dealkylation sites (tertiary alicyclic amines) is 1. The molecular weight excluding hydrogens is 298 g/mol. The first-order chi connectivity index (χ1) is 10.7. The van der Waals surface area contributed by atoms with Crippen molar-refractivity contribution in [2.24, 2.45) is 0 Å². The third-order valence-corrected chi connectivity index (χ3v) is 4.58. The van der Waals surface area contributed by atoms with E-state index in [0.717, 1.165) is 18.0 Å². The van der Waals surface area contributed by atoms with Gasteiger partial charge in [0.2, 0.25) is 5.91 Å². The Labute approximate surface area is 135 Å². The fraction of sp³-hybridized carbons (Fsp3) is 0.667. The van der Waals surface area contributed by atoms with Crippen molar-refractivity contribution < 1.29 is 4.79 Å². The zero-order valence-corrected chi connectivity index (χ0v) is 13.8. The van der Waals surface area contributed by atoms with Crippen LogP contribution in [-0.2, 0) is 11.2 Å². The monoisotopic (exact) mass is 321 g/mol. The molecule has 0 spiro atoms. The summed E-state index contributed by atoms with van der Waals surface area (Å²) in [6, 6.07) is 2.11. The van der Waals surface area contributed by atoms with E-state index in [1.165, 1.54) is 44.1 Å². The second-order valence-corrected chi connectivity index (χ2v) is 6.29. The van der Waals surface area contributed by atoms with Gasteiger partial charge in [-0.15, -0.1) is 11.8 Å². The first-order valence-corrected chi connectivity index (χ1v) is 8.97. The SMILES string of the molecule is CSc1[nH]nc(CC(=O)NCCCN2CCCCC2)c1C#N. The van der Waals surface area contributed by atoms with Crippen LogP contribution < -0.4 is 5.32 Å². The van der Waals surface area contributed by atoms with Crippen LogP contribution in [0.4, 0.5) is 0 Å². The first kappa shape index (κ1) is 16.8. The molecular formula is C15H23N5OS. The van der Waals surface area contributed by atoms with Gasteiger partial charge in [-0.1, -0.05) is 6.42 Å². The van der Waals surface area contributed by atoms with Crippen LogP contribution in [0.25, 0.3) is 0 Å². The van der Waals surface area contributed by atoms with Crippen molar-refractivity contribution in [1.29, 1.82) is 5.26 Å². The molecule has 1 aliphatic rings. The molecule has 1 amide bonds. The number of piperidine rings is 1. The maximum Gasteiger partial charge on any atom is 0.226 e. The van der Waals surface area contributed by atoms with Gasteiger partial charge < -0.3 is 10.2 Å². The van der Waals surface area contributed by atoms with E-state index in [0.29, 0.717) is 17.8 Å². The summed E-state index contributed by atoms with van der Waals surface area (Å²) in [4.78, 5) is 14.4. The molecule has 1 aromatic rings. The van der Waals surface area contributed by atoms with Crippen molar-refractivity contribution in [3.8, 4) is 6.07 Å². The van der Waals surface area contributed by atoms with Crippen LogP contribution in [0.5, 0.6) is 0 Å². The zero-order chi connectivity index (χ0) is 15.8. The summed E-state index contributed by atoms with van der Waals surface area (Å²) in [6.45, 7) is 4.09. The lowest BCUT2D eigenvalue weighted by Gasteiger charge is -2.26. The molecule has 0 unspecified atom stereocenters. The number of nitrogens with one attached hydrogen (secondary N) is 2. The number of aromatic amines is 1. The van der Waals surface area contributed by atoms with Gasteiger partial charge in [0.15, 0.2) is 0 Å². The number of thioether (sulfide) groups is 1. The van der Waals surface area contributed by atoms with Gasteiger partial charge in [-0.2, -0.15) is 10.4 Å². The summed E-state index contributed by atoms with van der Waals surface area (Å²) >= 11 is 1.43. The molecule has 6 nitrogen and oxygen atoms in total. The topological polar surface area (TPSA) is 84.8 Å². The number of nitrogens with zero attached hydrogens (tertiary/aromatic N) is 3. The second kappa shape index (κ2) is 8.81. The number of amides is 1. The van der Waals surface area contributed by atoms with Crippen molar-refractivity contribution >= 4 is 17.7 Å². The van der Waals surface area contributed by atoms with E-state index in [-0.39, 0.29) is 12.3 Å². The van der Waals surface area contributed by atoms with Crippen LogP contribution in [-0.4, -0.2) is 53.4 Å². The summed E-state index contributed by atoms with van der Waals surface area (Å²) in [5.74, 6) is -0.0747. The molecule has 120 valence electrons. The molecule has 1 aromatic heterocycles. The number of rotatable bonds is 7. The maximum atomic E-state index is 11.9. The molecule has 0 radical (unpaired) electrons. The molecule has 2 heterocycles. The largest absolute Gasteiger partial charge is 0.356 e. The lowest BCUT2D eigenvalue weighted by Crippen LogP contribution is -2.33.